The molecule has 0 aliphatic rings. The summed E-state index contributed by atoms with van der Waals surface area (Å²) < 4.78 is 13.0. The Kier molecular flexibility index (Phi) is 6.49. The molecule has 2 N–H and O–H groups in total. The van der Waals surface area contributed by atoms with Gasteiger partial charge in [-0.3, -0.25) is 4.99 Å². The number of halogens is 1. The van der Waals surface area contributed by atoms with Crippen molar-refractivity contribution in [3.63, 3.8) is 0 Å². The Labute approximate surface area is 121 Å². The van der Waals surface area contributed by atoms with Gasteiger partial charge < -0.3 is 10.6 Å². The summed E-state index contributed by atoms with van der Waals surface area (Å²) in [6.07, 6.45) is 1.06. The van der Waals surface area contributed by atoms with Crippen LogP contribution in [-0.4, -0.2) is 25.6 Å². The highest BCUT2D eigenvalue weighted by atomic mass is 19.1. The maximum absolute atomic E-state index is 13.0. The van der Waals surface area contributed by atoms with Crippen LogP contribution in [0.3, 0.4) is 0 Å². The van der Waals surface area contributed by atoms with Crippen molar-refractivity contribution in [1.82, 2.24) is 10.6 Å². The van der Waals surface area contributed by atoms with Crippen molar-refractivity contribution in [2.75, 3.05) is 19.6 Å². The number of guanidine groups is 1. The average molecular weight is 279 g/mol. The Morgan fingerprint density at radius 3 is 2.35 bits per heavy atom. The van der Waals surface area contributed by atoms with Gasteiger partial charge in [-0.15, -0.1) is 0 Å². The fourth-order valence-corrected chi connectivity index (χ4v) is 1.85. The topological polar surface area (TPSA) is 36.4 Å². The van der Waals surface area contributed by atoms with Gasteiger partial charge in [0.05, 0.1) is 6.54 Å². The number of hydrogen-bond donors (Lipinski definition) is 2. The first-order valence-electron chi connectivity index (χ1n) is 7.28. The fourth-order valence-electron chi connectivity index (χ4n) is 1.85. The molecule has 0 heterocycles. The van der Waals surface area contributed by atoms with Crippen molar-refractivity contribution >= 4 is 5.96 Å². The van der Waals surface area contributed by atoms with E-state index in [1.165, 1.54) is 12.1 Å². The highest BCUT2D eigenvalue weighted by molar-refractivity contribution is 5.79. The van der Waals surface area contributed by atoms with Crippen LogP contribution in [0.1, 0.15) is 39.7 Å². The maximum Gasteiger partial charge on any atom is 0.191 e. The summed E-state index contributed by atoms with van der Waals surface area (Å²) >= 11 is 0. The van der Waals surface area contributed by atoms with Crippen LogP contribution in [0.25, 0.3) is 0 Å². The number of nitrogens with one attached hydrogen (secondary N) is 2. The van der Waals surface area contributed by atoms with Crippen LogP contribution in [0.2, 0.25) is 0 Å². The lowest BCUT2D eigenvalue weighted by Crippen LogP contribution is -2.38. The summed E-state index contributed by atoms with van der Waals surface area (Å²) in [5.41, 5.74) is 0.969. The number of benzene rings is 1. The molecule has 1 aromatic carbocycles. The van der Waals surface area contributed by atoms with Crippen molar-refractivity contribution in [3.8, 4) is 0 Å². The predicted octanol–water partition coefficient (Wildman–Crippen LogP) is 3.07. The van der Waals surface area contributed by atoms with Gasteiger partial charge in [-0.1, -0.05) is 32.9 Å². The van der Waals surface area contributed by atoms with E-state index in [-0.39, 0.29) is 11.2 Å². The highest BCUT2D eigenvalue weighted by Gasteiger charge is 2.20. The van der Waals surface area contributed by atoms with Gasteiger partial charge in [-0.05, 0) is 31.0 Å². The number of nitrogens with zero attached hydrogens (tertiary/aromatic N) is 1. The van der Waals surface area contributed by atoms with Gasteiger partial charge in [0.25, 0.3) is 0 Å². The fraction of sp³-hybridized carbons (Fsp3) is 0.562. The molecule has 0 spiro atoms. The van der Waals surface area contributed by atoms with Crippen molar-refractivity contribution in [2.45, 2.75) is 39.5 Å². The third-order valence-electron chi connectivity index (χ3n) is 3.14. The first kappa shape index (κ1) is 16.5. The second kappa shape index (κ2) is 7.88. The highest BCUT2D eigenvalue weighted by Crippen LogP contribution is 2.23. The largest absolute Gasteiger partial charge is 0.357 e. The molecule has 0 aliphatic carbocycles. The zero-order valence-electron chi connectivity index (χ0n) is 13.0. The molecule has 0 saturated carbocycles. The number of hydrogen-bond acceptors (Lipinski definition) is 1. The van der Waals surface area contributed by atoms with E-state index in [0.717, 1.165) is 31.0 Å². The van der Waals surface area contributed by atoms with Crippen molar-refractivity contribution in [2.24, 2.45) is 4.99 Å². The molecule has 0 fully saturated rings. The van der Waals surface area contributed by atoms with Crippen LogP contribution in [0.5, 0.6) is 0 Å². The van der Waals surface area contributed by atoms with Crippen molar-refractivity contribution < 1.29 is 4.39 Å². The Hall–Kier alpha value is -1.58. The summed E-state index contributed by atoms with van der Waals surface area (Å²) in [4.78, 5) is 4.62. The van der Waals surface area contributed by atoms with Gasteiger partial charge in [0, 0.05) is 18.5 Å². The Morgan fingerprint density at radius 1 is 1.15 bits per heavy atom. The van der Waals surface area contributed by atoms with Crippen LogP contribution in [0.15, 0.2) is 29.3 Å². The van der Waals surface area contributed by atoms with Crippen LogP contribution in [0.4, 0.5) is 4.39 Å². The van der Waals surface area contributed by atoms with Gasteiger partial charge in [0.1, 0.15) is 5.82 Å². The smallest absolute Gasteiger partial charge is 0.191 e. The minimum atomic E-state index is -0.203. The first-order chi connectivity index (χ1) is 9.49. The van der Waals surface area contributed by atoms with E-state index >= 15 is 0 Å². The normalized spacial score (nSPS) is 12.3. The lowest BCUT2D eigenvalue weighted by molar-refractivity contribution is 0.534. The molecule has 0 unspecified atom stereocenters. The summed E-state index contributed by atoms with van der Waals surface area (Å²) in [7, 11) is 0. The second-order valence-electron chi connectivity index (χ2n) is 5.51. The Bertz CT molecular complexity index is 424. The molecule has 4 heteroatoms. The van der Waals surface area contributed by atoms with E-state index in [0.29, 0.717) is 6.54 Å². The Morgan fingerprint density at radius 2 is 1.80 bits per heavy atom. The van der Waals surface area contributed by atoms with Gasteiger partial charge in [-0.2, -0.15) is 0 Å². The van der Waals surface area contributed by atoms with Gasteiger partial charge in [0.2, 0.25) is 0 Å². The van der Waals surface area contributed by atoms with E-state index in [2.05, 4.69) is 36.4 Å². The molecule has 0 radical (unpaired) electrons. The third-order valence-corrected chi connectivity index (χ3v) is 3.14. The lowest BCUT2D eigenvalue weighted by atomic mass is 9.85. The van der Waals surface area contributed by atoms with Crippen LogP contribution in [0, 0.1) is 5.82 Å². The van der Waals surface area contributed by atoms with E-state index in [4.69, 9.17) is 0 Å². The minimum Gasteiger partial charge on any atom is -0.357 e. The standard InChI is InChI=1S/C16H26FN3/c1-5-11-19-15(18-6-2)20-12-16(3,4)13-7-9-14(17)10-8-13/h7-10H,5-6,11-12H2,1-4H3,(H2,18,19,20). The van der Waals surface area contributed by atoms with Gasteiger partial charge in [0.15, 0.2) is 5.96 Å². The molecular formula is C16H26FN3. The zero-order valence-corrected chi connectivity index (χ0v) is 13.0. The van der Waals surface area contributed by atoms with Gasteiger partial charge in [-0.25, -0.2) is 4.39 Å². The molecule has 0 bridgehead atoms. The summed E-state index contributed by atoms with van der Waals surface area (Å²) in [5.74, 6) is 0.635. The zero-order chi connectivity index (χ0) is 15.0. The van der Waals surface area contributed by atoms with Crippen LogP contribution in [-0.2, 0) is 5.41 Å². The third kappa shape index (κ3) is 5.19. The molecule has 3 nitrogen and oxygen atoms in total. The molecule has 0 atom stereocenters. The quantitative estimate of drug-likeness (QED) is 0.620. The van der Waals surface area contributed by atoms with Crippen LogP contribution >= 0.6 is 0 Å². The predicted molar refractivity (Wildman–Crippen MR) is 83.7 cm³/mol. The van der Waals surface area contributed by atoms with Crippen LogP contribution < -0.4 is 10.6 Å². The molecule has 112 valence electrons. The SMILES string of the molecule is CCCNC(=NCC(C)(C)c1ccc(F)cc1)NCC. The summed E-state index contributed by atoms with van der Waals surface area (Å²) in [5, 5.41) is 6.51. The van der Waals surface area contributed by atoms with E-state index < -0.39 is 0 Å². The molecule has 0 aromatic heterocycles. The maximum atomic E-state index is 13.0. The van der Waals surface area contributed by atoms with E-state index in [1.54, 1.807) is 0 Å². The number of rotatable bonds is 6. The summed E-state index contributed by atoms with van der Waals surface area (Å²) in [6.45, 7) is 10.8. The first-order valence-corrected chi connectivity index (χ1v) is 7.28. The van der Waals surface area contributed by atoms with Crippen molar-refractivity contribution in [1.29, 1.82) is 0 Å². The number of aliphatic imine (C=N–C) groups is 1. The second-order valence-corrected chi connectivity index (χ2v) is 5.51. The Balaban J connectivity index is 2.74. The molecular weight excluding hydrogens is 253 g/mol. The molecule has 1 rings (SSSR count). The average Bonchev–Trinajstić information content (AvgIpc) is 2.42. The monoisotopic (exact) mass is 279 g/mol. The lowest BCUT2D eigenvalue weighted by Gasteiger charge is -2.24. The summed E-state index contributed by atoms with van der Waals surface area (Å²) in [6, 6.07) is 6.66. The van der Waals surface area contributed by atoms with E-state index in [9.17, 15) is 4.39 Å². The molecule has 0 amide bonds. The van der Waals surface area contributed by atoms with E-state index in [1.807, 2.05) is 19.1 Å². The minimum absolute atomic E-state index is 0.123. The molecule has 1 aromatic rings. The van der Waals surface area contributed by atoms with Crippen molar-refractivity contribution in [3.05, 3.63) is 35.6 Å². The molecule has 20 heavy (non-hydrogen) atoms. The van der Waals surface area contributed by atoms with Gasteiger partial charge >= 0.3 is 0 Å². The molecule has 0 saturated heterocycles. The molecule has 0 aliphatic heterocycles.